The van der Waals surface area contributed by atoms with Gasteiger partial charge < -0.3 is 25.6 Å². The van der Waals surface area contributed by atoms with Crippen molar-refractivity contribution in [3.8, 4) is 0 Å². The Balaban J connectivity index is 1.32. The normalized spacial score (nSPS) is 19.6. The molecular weight excluding hydrogens is 379 g/mol. The Hall–Kier alpha value is -2.68. The number of rotatable bonds is 5. The zero-order valence-corrected chi connectivity index (χ0v) is 16.3. The molecule has 1 aromatic carbocycles. The maximum atomic E-state index is 12.9. The molecule has 2 aliphatic heterocycles. The molecule has 1 aromatic rings. The number of hydrogen-bond donors (Lipinski definition) is 3. The fourth-order valence-corrected chi connectivity index (χ4v) is 3.49. The number of carbonyl (C=O) groups is 3. The topological polar surface area (TPSA) is 99.8 Å². The van der Waals surface area contributed by atoms with Gasteiger partial charge in [-0.3, -0.25) is 9.59 Å². The first-order valence-corrected chi connectivity index (χ1v) is 10.0. The Morgan fingerprint density at radius 2 is 1.66 bits per heavy atom. The van der Waals surface area contributed by atoms with Crippen molar-refractivity contribution >= 4 is 23.5 Å². The largest absolute Gasteiger partial charge is 0.376 e. The Labute approximate surface area is 169 Å². The van der Waals surface area contributed by atoms with Crippen molar-refractivity contribution < 1.29 is 23.5 Å². The molecule has 3 N–H and O–H groups in total. The summed E-state index contributed by atoms with van der Waals surface area (Å²) in [5, 5.41) is 8.01. The van der Waals surface area contributed by atoms with Gasteiger partial charge in [0.15, 0.2) is 0 Å². The number of halogens is 1. The summed E-state index contributed by atoms with van der Waals surface area (Å²) in [6.45, 7) is 2.57. The van der Waals surface area contributed by atoms with Gasteiger partial charge in [0.05, 0.1) is 6.10 Å². The smallest absolute Gasteiger partial charge is 0.321 e. The van der Waals surface area contributed by atoms with E-state index < -0.39 is 11.8 Å². The van der Waals surface area contributed by atoms with Crippen LogP contribution in [0, 0.1) is 11.7 Å². The predicted molar refractivity (Wildman–Crippen MR) is 105 cm³/mol. The number of carbonyl (C=O) groups excluding carboxylic acids is 3. The van der Waals surface area contributed by atoms with Crippen molar-refractivity contribution in [2.45, 2.75) is 31.8 Å². The second-order valence-corrected chi connectivity index (χ2v) is 7.42. The van der Waals surface area contributed by atoms with Crippen LogP contribution in [0.25, 0.3) is 0 Å². The number of likely N-dealkylation sites (tertiary alicyclic amines) is 1. The minimum atomic E-state index is -0.642. The summed E-state index contributed by atoms with van der Waals surface area (Å²) in [6.07, 6.45) is 3.34. The highest BCUT2D eigenvalue weighted by molar-refractivity contribution is 6.35. The molecule has 0 aromatic heterocycles. The van der Waals surface area contributed by atoms with E-state index >= 15 is 0 Å². The number of urea groups is 1. The molecule has 4 amide bonds. The number of ether oxygens (including phenoxy) is 1. The van der Waals surface area contributed by atoms with Crippen LogP contribution >= 0.6 is 0 Å². The van der Waals surface area contributed by atoms with Crippen LogP contribution in [0.2, 0.25) is 0 Å². The molecular formula is C20H27FN4O4. The van der Waals surface area contributed by atoms with Gasteiger partial charge in [0.1, 0.15) is 5.82 Å². The highest BCUT2D eigenvalue weighted by Crippen LogP contribution is 2.18. The number of nitrogens with one attached hydrogen (secondary N) is 3. The number of amides is 4. The van der Waals surface area contributed by atoms with Crippen LogP contribution in [-0.4, -0.2) is 61.6 Å². The van der Waals surface area contributed by atoms with Crippen LogP contribution in [0.4, 0.5) is 14.9 Å². The van der Waals surface area contributed by atoms with Crippen molar-refractivity contribution in [3.63, 3.8) is 0 Å². The van der Waals surface area contributed by atoms with E-state index in [-0.39, 0.29) is 23.9 Å². The van der Waals surface area contributed by atoms with Crippen molar-refractivity contribution in [2.24, 2.45) is 5.92 Å². The van der Waals surface area contributed by atoms with Gasteiger partial charge in [-0.05, 0) is 55.9 Å². The third kappa shape index (κ3) is 6.42. The number of benzene rings is 1. The second-order valence-electron chi connectivity index (χ2n) is 7.42. The zero-order chi connectivity index (χ0) is 20.6. The van der Waals surface area contributed by atoms with Gasteiger partial charge in [0.25, 0.3) is 0 Å². The summed E-state index contributed by atoms with van der Waals surface area (Å²) in [4.78, 5) is 37.7. The Kier molecular flexibility index (Phi) is 7.40. The van der Waals surface area contributed by atoms with Gasteiger partial charge in [0.2, 0.25) is 0 Å². The van der Waals surface area contributed by atoms with E-state index in [1.165, 1.54) is 24.3 Å². The molecule has 2 saturated heterocycles. The van der Waals surface area contributed by atoms with E-state index in [9.17, 15) is 18.8 Å². The first-order chi connectivity index (χ1) is 14.0. The van der Waals surface area contributed by atoms with Crippen molar-refractivity contribution in [1.82, 2.24) is 15.5 Å². The van der Waals surface area contributed by atoms with Gasteiger partial charge in [-0.25, -0.2) is 9.18 Å². The van der Waals surface area contributed by atoms with E-state index in [1.807, 2.05) is 0 Å². The molecule has 2 fully saturated rings. The van der Waals surface area contributed by atoms with Crippen molar-refractivity contribution in [3.05, 3.63) is 30.1 Å². The van der Waals surface area contributed by atoms with Crippen LogP contribution in [0.3, 0.4) is 0 Å². The van der Waals surface area contributed by atoms with Crippen LogP contribution in [-0.2, 0) is 14.3 Å². The third-order valence-electron chi connectivity index (χ3n) is 5.27. The van der Waals surface area contributed by atoms with Gasteiger partial charge in [0, 0.05) is 38.5 Å². The third-order valence-corrected chi connectivity index (χ3v) is 5.27. The molecule has 0 bridgehead atoms. The Bertz CT molecular complexity index is 714. The van der Waals surface area contributed by atoms with Crippen LogP contribution in [0.5, 0.6) is 0 Å². The lowest BCUT2D eigenvalue weighted by molar-refractivity contribution is -0.139. The quantitative estimate of drug-likeness (QED) is 0.645. The van der Waals surface area contributed by atoms with Gasteiger partial charge in [-0.1, -0.05) is 0 Å². The summed E-state index contributed by atoms with van der Waals surface area (Å²) in [5.74, 6) is -1.43. The summed E-state index contributed by atoms with van der Waals surface area (Å²) in [7, 11) is 0. The van der Waals surface area contributed by atoms with Crippen molar-refractivity contribution in [1.29, 1.82) is 0 Å². The molecule has 1 atom stereocenters. The standard InChI is InChI=1S/C20H27FN4O4/c21-15-3-5-16(6-4-15)24-20(28)25-9-7-14(8-10-25)12-22-18(26)19(27)23-13-17-2-1-11-29-17/h3-6,14,17H,1-2,7-13H2,(H,22,26)(H,23,27)(H,24,28)/t17-/m1/s1. The average molecular weight is 406 g/mol. The van der Waals surface area contributed by atoms with E-state index in [4.69, 9.17) is 4.74 Å². The molecule has 0 aliphatic carbocycles. The summed E-state index contributed by atoms with van der Waals surface area (Å²) in [6, 6.07) is 5.38. The number of piperidine rings is 1. The second kappa shape index (κ2) is 10.2. The highest BCUT2D eigenvalue weighted by Gasteiger charge is 2.24. The van der Waals surface area contributed by atoms with Crippen LogP contribution in [0.1, 0.15) is 25.7 Å². The lowest BCUT2D eigenvalue weighted by atomic mass is 9.97. The van der Waals surface area contributed by atoms with Crippen molar-refractivity contribution in [2.75, 3.05) is 38.1 Å². The summed E-state index contributed by atoms with van der Waals surface area (Å²) >= 11 is 0. The monoisotopic (exact) mass is 406 g/mol. The molecule has 9 heteroatoms. The Morgan fingerprint density at radius 1 is 1.00 bits per heavy atom. The van der Waals surface area contributed by atoms with E-state index in [2.05, 4.69) is 16.0 Å². The molecule has 8 nitrogen and oxygen atoms in total. The molecule has 158 valence electrons. The van der Waals surface area contributed by atoms with Gasteiger partial charge in [-0.2, -0.15) is 0 Å². The average Bonchev–Trinajstić information content (AvgIpc) is 3.26. The first-order valence-electron chi connectivity index (χ1n) is 10.0. The summed E-state index contributed by atoms with van der Waals surface area (Å²) in [5.41, 5.74) is 0.541. The minimum absolute atomic E-state index is 0.00265. The van der Waals surface area contributed by atoms with Crippen LogP contribution < -0.4 is 16.0 Å². The Morgan fingerprint density at radius 3 is 2.28 bits per heavy atom. The fourth-order valence-electron chi connectivity index (χ4n) is 3.49. The highest BCUT2D eigenvalue weighted by atomic mass is 19.1. The SMILES string of the molecule is O=C(NCC1CCN(C(=O)Nc2ccc(F)cc2)CC1)C(=O)NC[C@H]1CCCO1. The lowest BCUT2D eigenvalue weighted by Gasteiger charge is -2.32. The van der Waals surface area contributed by atoms with Gasteiger partial charge in [-0.15, -0.1) is 0 Å². The molecule has 2 heterocycles. The molecule has 0 radical (unpaired) electrons. The maximum absolute atomic E-state index is 12.9. The van der Waals surface area contributed by atoms with Crippen LogP contribution in [0.15, 0.2) is 24.3 Å². The molecule has 3 rings (SSSR count). The molecule has 0 spiro atoms. The molecule has 0 saturated carbocycles. The fraction of sp³-hybridized carbons (Fsp3) is 0.550. The predicted octanol–water partition coefficient (Wildman–Crippen LogP) is 1.48. The molecule has 2 aliphatic rings. The number of hydrogen-bond acceptors (Lipinski definition) is 4. The maximum Gasteiger partial charge on any atom is 0.321 e. The lowest BCUT2D eigenvalue weighted by Crippen LogP contribution is -2.46. The van der Waals surface area contributed by atoms with E-state index in [1.54, 1.807) is 4.90 Å². The minimum Gasteiger partial charge on any atom is -0.376 e. The van der Waals surface area contributed by atoms with E-state index in [0.29, 0.717) is 38.5 Å². The zero-order valence-electron chi connectivity index (χ0n) is 16.3. The summed E-state index contributed by atoms with van der Waals surface area (Å²) < 4.78 is 18.3. The van der Waals surface area contributed by atoms with E-state index in [0.717, 1.165) is 25.7 Å². The van der Waals surface area contributed by atoms with Gasteiger partial charge >= 0.3 is 17.8 Å². The number of anilines is 1. The number of nitrogens with zero attached hydrogens (tertiary/aromatic N) is 1. The first kappa shape index (κ1) is 21.0. The molecule has 29 heavy (non-hydrogen) atoms. The molecule has 0 unspecified atom stereocenters.